The van der Waals surface area contributed by atoms with Crippen molar-refractivity contribution < 1.29 is 13.5 Å². The summed E-state index contributed by atoms with van der Waals surface area (Å²) in [6, 6.07) is 1.30. The second kappa shape index (κ2) is 4.07. The first-order valence-corrected chi connectivity index (χ1v) is 5.72. The number of rotatable bonds is 4. The van der Waals surface area contributed by atoms with E-state index >= 15 is 0 Å². The molecular formula is C7H13N3O3S. The minimum atomic E-state index is -3.74. The molecule has 14 heavy (non-hydrogen) atoms. The molecule has 1 heterocycles. The summed E-state index contributed by atoms with van der Waals surface area (Å²) >= 11 is 0. The molecule has 6 nitrogen and oxygen atoms in total. The Kier molecular flexibility index (Phi) is 3.25. The van der Waals surface area contributed by atoms with Gasteiger partial charge in [-0.25, -0.2) is 13.6 Å². The van der Waals surface area contributed by atoms with E-state index in [9.17, 15) is 13.5 Å². The van der Waals surface area contributed by atoms with Crippen molar-refractivity contribution in [1.82, 2.24) is 9.78 Å². The number of aliphatic hydroxyl groups excluding tert-OH is 1. The van der Waals surface area contributed by atoms with Crippen molar-refractivity contribution in [2.45, 2.75) is 31.0 Å². The van der Waals surface area contributed by atoms with Gasteiger partial charge in [0.2, 0.25) is 0 Å². The highest BCUT2D eigenvalue weighted by Gasteiger charge is 2.12. The molecule has 0 fully saturated rings. The van der Waals surface area contributed by atoms with Crippen LogP contribution in [0.25, 0.3) is 0 Å². The topological polar surface area (TPSA) is 98.2 Å². The maximum absolute atomic E-state index is 10.8. The van der Waals surface area contributed by atoms with E-state index in [1.807, 2.05) is 6.92 Å². The van der Waals surface area contributed by atoms with Crippen LogP contribution in [0, 0.1) is 0 Å². The number of hydrogen-bond acceptors (Lipinski definition) is 4. The third-order valence-corrected chi connectivity index (χ3v) is 2.58. The minimum absolute atomic E-state index is 0.180. The molecule has 0 radical (unpaired) electrons. The summed E-state index contributed by atoms with van der Waals surface area (Å²) in [6.07, 6.45) is 1.53. The van der Waals surface area contributed by atoms with Gasteiger partial charge >= 0.3 is 0 Å². The van der Waals surface area contributed by atoms with Gasteiger partial charge in [0.05, 0.1) is 12.6 Å². The lowest BCUT2D eigenvalue weighted by atomic mass is 10.3. The van der Waals surface area contributed by atoms with Crippen molar-refractivity contribution in [3.63, 3.8) is 0 Å². The van der Waals surface area contributed by atoms with Crippen LogP contribution in [0.4, 0.5) is 0 Å². The summed E-state index contributed by atoms with van der Waals surface area (Å²) < 4.78 is 23.0. The summed E-state index contributed by atoms with van der Waals surface area (Å²) in [4.78, 5) is 0. The minimum Gasteiger partial charge on any atom is -0.391 e. The first kappa shape index (κ1) is 11.2. The molecule has 7 heteroatoms. The van der Waals surface area contributed by atoms with Crippen molar-refractivity contribution in [1.29, 1.82) is 0 Å². The van der Waals surface area contributed by atoms with Crippen LogP contribution >= 0.6 is 0 Å². The number of aliphatic hydroxyl groups is 1. The van der Waals surface area contributed by atoms with Crippen molar-refractivity contribution in [3.05, 3.63) is 12.3 Å². The zero-order valence-corrected chi connectivity index (χ0v) is 8.61. The van der Waals surface area contributed by atoms with E-state index in [2.05, 4.69) is 5.10 Å². The average molecular weight is 219 g/mol. The van der Waals surface area contributed by atoms with Crippen LogP contribution in [0.3, 0.4) is 0 Å². The molecule has 0 aromatic carbocycles. The van der Waals surface area contributed by atoms with E-state index in [-0.39, 0.29) is 11.6 Å². The quantitative estimate of drug-likeness (QED) is 0.699. The maximum atomic E-state index is 10.8. The van der Waals surface area contributed by atoms with E-state index in [4.69, 9.17) is 5.14 Å². The Morgan fingerprint density at radius 3 is 2.79 bits per heavy atom. The molecule has 0 unspecified atom stereocenters. The highest BCUT2D eigenvalue weighted by molar-refractivity contribution is 7.89. The highest BCUT2D eigenvalue weighted by atomic mass is 32.2. The molecule has 0 saturated heterocycles. The van der Waals surface area contributed by atoms with Gasteiger partial charge in [-0.05, 0) is 12.5 Å². The van der Waals surface area contributed by atoms with E-state index in [1.165, 1.54) is 16.9 Å². The molecule has 1 atom stereocenters. The van der Waals surface area contributed by atoms with Crippen molar-refractivity contribution in [3.8, 4) is 0 Å². The lowest BCUT2D eigenvalue weighted by Gasteiger charge is -2.06. The summed E-state index contributed by atoms with van der Waals surface area (Å²) in [5, 5.41) is 17.7. The smallest absolute Gasteiger partial charge is 0.257 e. The van der Waals surface area contributed by atoms with Crippen LogP contribution in [0.15, 0.2) is 17.3 Å². The normalized spacial score (nSPS) is 14.2. The molecule has 1 aromatic rings. The molecule has 80 valence electrons. The molecule has 0 aliphatic rings. The third-order valence-electron chi connectivity index (χ3n) is 1.78. The third kappa shape index (κ3) is 2.79. The van der Waals surface area contributed by atoms with Crippen LogP contribution in [0.5, 0.6) is 0 Å². The van der Waals surface area contributed by atoms with Gasteiger partial charge in [0, 0.05) is 6.20 Å². The van der Waals surface area contributed by atoms with Crippen LogP contribution in [-0.2, 0) is 16.6 Å². The largest absolute Gasteiger partial charge is 0.391 e. The van der Waals surface area contributed by atoms with E-state index < -0.39 is 16.1 Å². The molecule has 1 aromatic heterocycles. The Morgan fingerprint density at radius 1 is 1.71 bits per heavy atom. The second-order valence-electron chi connectivity index (χ2n) is 2.98. The summed E-state index contributed by atoms with van der Waals surface area (Å²) in [6.45, 7) is 2.10. The Labute approximate surface area is 82.4 Å². The fourth-order valence-electron chi connectivity index (χ4n) is 0.942. The van der Waals surface area contributed by atoms with Gasteiger partial charge in [-0.3, -0.25) is 4.68 Å². The van der Waals surface area contributed by atoms with Gasteiger partial charge in [0.25, 0.3) is 10.0 Å². The zero-order valence-electron chi connectivity index (χ0n) is 7.79. The molecule has 0 saturated carbocycles. The molecule has 3 N–H and O–H groups in total. The zero-order chi connectivity index (χ0) is 10.8. The first-order chi connectivity index (χ1) is 6.43. The molecule has 0 amide bonds. The fourth-order valence-corrected chi connectivity index (χ4v) is 1.41. The Balaban J connectivity index is 2.79. The predicted molar refractivity (Wildman–Crippen MR) is 49.9 cm³/mol. The highest BCUT2D eigenvalue weighted by Crippen LogP contribution is 2.03. The predicted octanol–water partition coefficient (Wildman–Crippen LogP) is -0.699. The summed E-state index contributed by atoms with van der Waals surface area (Å²) in [5.41, 5.74) is 0. The maximum Gasteiger partial charge on any atom is 0.257 e. The Bertz CT molecular complexity index is 398. The van der Waals surface area contributed by atoms with Crippen molar-refractivity contribution >= 4 is 10.0 Å². The standard InChI is InChI=1S/C7H13N3O3S/c1-2-6(11)5-10-4-3-7(9-10)14(8,12)13/h3-4,6,11H,2,5H2,1H3,(H2,8,12,13)/t6-/m0/s1. The van der Waals surface area contributed by atoms with Crippen LogP contribution in [0.1, 0.15) is 13.3 Å². The van der Waals surface area contributed by atoms with Crippen LogP contribution in [-0.4, -0.2) is 29.4 Å². The number of primary sulfonamides is 1. The average Bonchev–Trinajstić information content (AvgIpc) is 2.51. The summed E-state index contributed by atoms with van der Waals surface area (Å²) in [7, 11) is -3.74. The van der Waals surface area contributed by atoms with Gasteiger partial charge in [0.1, 0.15) is 0 Å². The van der Waals surface area contributed by atoms with E-state index in [0.717, 1.165) is 0 Å². The van der Waals surface area contributed by atoms with Crippen molar-refractivity contribution in [2.75, 3.05) is 0 Å². The van der Waals surface area contributed by atoms with Gasteiger partial charge in [0.15, 0.2) is 5.03 Å². The SMILES string of the molecule is CC[C@H](O)Cn1ccc(S(N)(=O)=O)n1. The number of hydrogen-bond donors (Lipinski definition) is 2. The molecule has 0 aliphatic heterocycles. The fraction of sp³-hybridized carbons (Fsp3) is 0.571. The van der Waals surface area contributed by atoms with Crippen LogP contribution < -0.4 is 5.14 Å². The molecule has 0 spiro atoms. The Morgan fingerprint density at radius 2 is 2.36 bits per heavy atom. The van der Waals surface area contributed by atoms with Gasteiger partial charge in [-0.1, -0.05) is 6.92 Å². The second-order valence-corrected chi connectivity index (χ2v) is 4.49. The number of nitrogens with two attached hydrogens (primary N) is 1. The molecule has 0 aliphatic carbocycles. The Hall–Kier alpha value is -0.920. The molecular weight excluding hydrogens is 206 g/mol. The van der Waals surface area contributed by atoms with Gasteiger partial charge < -0.3 is 5.11 Å². The monoisotopic (exact) mass is 219 g/mol. The lowest BCUT2D eigenvalue weighted by Crippen LogP contribution is -2.17. The number of sulfonamides is 1. The van der Waals surface area contributed by atoms with Crippen LogP contribution in [0.2, 0.25) is 0 Å². The first-order valence-electron chi connectivity index (χ1n) is 4.18. The lowest BCUT2D eigenvalue weighted by molar-refractivity contribution is 0.144. The van der Waals surface area contributed by atoms with E-state index in [0.29, 0.717) is 6.42 Å². The molecule has 0 bridgehead atoms. The van der Waals surface area contributed by atoms with Crippen molar-refractivity contribution in [2.24, 2.45) is 5.14 Å². The molecule has 1 rings (SSSR count). The number of nitrogens with zero attached hydrogens (tertiary/aromatic N) is 2. The van der Waals surface area contributed by atoms with E-state index in [1.54, 1.807) is 0 Å². The van der Waals surface area contributed by atoms with Gasteiger partial charge in [-0.2, -0.15) is 5.10 Å². The van der Waals surface area contributed by atoms with Gasteiger partial charge in [-0.15, -0.1) is 0 Å². The number of aromatic nitrogens is 2. The summed E-state index contributed by atoms with van der Waals surface area (Å²) in [5.74, 6) is 0.